The predicted molar refractivity (Wildman–Crippen MR) is 99.1 cm³/mol. The van der Waals surface area contributed by atoms with Crippen LogP contribution in [0.5, 0.6) is 11.5 Å². The molecule has 1 aromatic carbocycles. The minimum Gasteiger partial charge on any atom is -0.507 e. The summed E-state index contributed by atoms with van der Waals surface area (Å²) in [6.07, 6.45) is 3.06. The molecule has 2 saturated carbocycles. The molecule has 1 aromatic rings. The summed E-state index contributed by atoms with van der Waals surface area (Å²) in [6.45, 7) is 0.839. The van der Waals surface area contributed by atoms with Gasteiger partial charge in [-0.05, 0) is 55.5 Å². The number of nitrogens with zero attached hydrogens (tertiary/aromatic N) is 1. The Morgan fingerprint density at radius 1 is 1.14 bits per heavy atom. The van der Waals surface area contributed by atoms with E-state index < -0.39 is 18.8 Å². The molecule has 0 bridgehead atoms. The molecule has 1 aliphatic heterocycles. The van der Waals surface area contributed by atoms with Crippen molar-refractivity contribution in [3.05, 3.63) is 23.3 Å². The van der Waals surface area contributed by atoms with E-state index >= 15 is 0 Å². The molecular formula is C19H24BNO7. The molecule has 1 saturated heterocycles. The number of aromatic carboxylic acids is 1. The Morgan fingerprint density at radius 2 is 1.82 bits per heavy atom. The maximum Gasteiger partial charge on any atom is 0.451 e. The summed E-state index contributed by atoms with van der Waals surface area (Å²) in [5.41, 5.74) is -0.0337. The maximum atomic E-state index is 12.5. The van der Waals surface area contributed by atoms with Gasteiger partial charge in [0, 0.05) is 5.92 Å². The average Bonchev–Trinajstić information content (AvgIpc) is 3.21. The SMILES string of the molecule is O=C(O)c1c(OC2CN(C(=O)[C@@H]3C[C@@H]4C[C@@H]4C3)C2)ccc(CCB(O)O)c1O. The van der Waals surface area contributed by atoms with Crippen molar-refractivity contribution in [2.24, 2.45) is 17.8 Å². The standard InChI is InChI=1S/C19H24BNO7/c22-17-10(3-4-20(26)27)1-2-15(16(17)19(24)25)28-14-8-21(9-14)18(23)13-6-11-5-12(11)7-13/h1-2,11-14,22,26-27H,3-9H2,(H,24,25)/t11-,12+,13+. The van der Waals surface area contributed by atoms with E-state index in [0.29, 0.717) is 18.7 Å². The Bertz CT molecular complexity index is 783. The van der Waals surface area contributed by atoms with E-state index in [1.165, 1.54) is 18.6 Å². The number of aromatic hydroxyl groups is 1. The van der Waals surface area contributed by atoms with E-state index in [9.17, 15) is 19.8 Å². The molecule has 1 heterocycles. The van der Waals surface area contributed by atoms with Crippen molar-refractivity contribution >= 4 is 19.0 Å². The minimum atomic E-state index is -1.53. The number of phenols is 1. The number of ether oxygens (including phenoxy) is 1. The van der Waals surface area contributed by atoms with Gasteiger partial charge < -0.3 is 29.9 Å². The number of hydrogen-bond acceptors (Lipinski definition) is 6. The van der Waals surface area contributed by atoms with E-state index in [1.54, 1.807) is 4.90 Å². The molecule has 4 N–H and O–H groups in total. The maximum absolute atomic E-state index is 12.5. The van der Waals surface area contributed by atoms with Gasteiger partial charge in [-0.3, -0.25) is 4.79 Å². The van der Waals surface area contributed by atoms with Crippen LogP contribution in [0.1, 0.15) is 35.2 Å². The highest BCUT2D eigenvalue weighted by Gasteiger charge is 2.50. The first-order valence-corrected chi connectivity index (χ1v) is 9.73. The Labute approximate surface area is 162 Å². The number of fused-ring (bicyclic) bond motifs is 1. The van der Waals surface area contributed by atoms with Crippen LogP contribution in [0, 0.1) is 17.8 Å². The number of likely N-dealkylation sites (tertiary alicyclic amines) is 1. The summed E-state index contributed by atoms with van der Waals surface area (Å²) in [6, 6.07) is 2.99. The zero-order valence-corrected chi connectivity index (χ0v) is 15.5. The van der Waals surface area contributed by atoms with E-state index in [0.717, 1.165) is 24.7 Å². The van der Waals surface area contributed by atoms with Gasteiger partial charge >= 0.3 is 13.1 Å². The molecule has 2 aliphatic carbocycles. The second-order valence-corrected chi connectivity index (χ2v) is 8.18. The molecule has 0 aromatic heterocycles. The summed E-state index contributed by atoms with van der Waals surface area (Å²) in [5, 5.41) is 37.7. The fraction of sp³-hybridized carbons (Fsp3) is 0.579. The number of benzene rings is 1. The molecule has 4 rings (SSSR count). The number of carbonyl (C=O) groups is 2. The molecule has 3 aliphatic rings. The number of rotatable bonds is 7. The molecular weight excluding hydrogens is 365 g/mol. The normalized spacial score (nSPS) is 25.8. The van der Waals surface area contributed by atoms with Gasteiger partial charge in [-0.1, -0.05) is 6.07 Å². The lowest BCUT2D eigenvalue weighted by molar-refractivity contribution is -0.144. The van der Waals surface area contributed by atoms with Crippen molar-refractivity contribution in [2.45, 2.75) is 38.1 Å². The lowest BCUT2D eigenvalue weighted by Crippen LogP contribution is -2.57. The third-order valence-electron chi connectivity index (χ3n) is 6.16. The fourth-order valence-corrected chi connectivity index (χ4v) is 4.45. The highest BCUT2D eigenvalue weighted by atomic mass is 16.5. The quantitative estimate of drug-likeness (QED) is 0.507. The Morgan fingerprint density at radius 3 is 2.43 bits per heavy atom. The van der Waals surface area contributed by atoms with Gasteiger partial charge in [-0.2, -0.15) is 0 Å². The lowest BCUT2D eigenvalue weighted by atomic mass is 9.82. The monoisotopic (exact) mass is 389 g/mol. The van der Waals surface area contributed by atoms with Gasteiger partial charge in [0.1, 0.15) is 23.2 Å². The largest absolute Gasteiger partial charge is 0.507 e. The third kappa shape index (κ3) is 3.68. The molecule has 1 amide bonds. The van der Waals surface area contributed by atoms with Gasteiger partial charge in [0.15, 0.2) is 0 Å². The van der Waals surface area contributed by atoms with E-state index in [-0.39, 0.29) is 42.0 Å². The van der Waals surface area contributed by atoms with Crippen LogP contribution in [0.25, 0.3) is 0 Å². The van der Waals surface area contributed by atoms with Crippen molar-refractivity contribution < 1.29 is 34.6 Å². The zero-order valence-electron chi connectivity index (χ0n) is 15.5. The Kier molecular flexibility index (Phi) is 4.97. The Balaban J connectivity index is 1.37. The zero-order chi connectivity index (χ0) is 20.0. The summed E-state index contributed by atoms with van der Waals surface area (Å²) in [4.78, 5) is 25.8. The number of amides is 1. The molecule has 3 atom stereocenters. The first-order valence-electron chi connectivity index (χ1n) is 9.73. The summed E-state index contributed by atoms with van der Waals surface area (Å²) < 4.78 is 5.74. The van der Waals surface area contributed by atoms with Crippen molar-refractivity contribution in [1.82, 2.24) is 4.90 Å². The smallest absolute Gasteiger partial charge is 0.451 e. The number of aryl methyl sites for hydroxylation is 1. The number of carbonyl (C=O) groups excluding carboxylic acids is 1. The van der Waals surface area contributed by atoms with Crippen LogP contribution < -0.4 is 4.74 Å². The van der Waals surface area contributed by atoms with Crippen molar-refractivity contribution in [3.8, 4) is 11.5 Å². The van der Waals surface area contributed by atoms with Gasteiger partial charge in [0.2, 0.25) is 5.91 Å². The van der Waals surface area contributed by atoms with Gasteiger partial charge in [0.25, 0.3) is 0 Å². The number of carboxylic acids is 1. The van der Waals surface area contributed by atoms with Crippen LogP contribution in [-0.2, 0) is 11.2 Å². The van der Waals surface area contributed by atoms with Crippen LogP contribution in [-0.4, -0.2) is 63.3 Å². The van der Waals surface area contributed by atoms with E-state index in [2.05, 4.69) is 0 Å². The number of hydrogen-bond donors (Lipinski definition) is 4. The molecule has 28 heavy (non-hydrogen) atoms. The van der Waals surface area contributed by atoms with Crippen LogP contribution in [0.3, 0.4) is 0 Å². The molecule has 3 fully saturated rings. The molecule has 150 valence electrons. The molecule has 0 unspecified atom stereocenters. The molecule has 0 spiro atoms. The van der Waals surface area contributed by atoms with Crippen LogP contribution in [0.2, 0.25) is 6.32 Å². The van der Waals surface area contributed by atoms with Crippen molar-refractivity contribution in [3.63, 3.8) is 0 Å². The second-order valence-electron chi connectivity index (χ2n) is 8.18. The first kappa shape index (κ1) is 19.1. The summed E-state index contributed by atoms with van der Waals surface area (Å²) >= 11 is 0. The van der Waals surface area contributed by atoms with E-state index in [4.69, 9.17) is 14.8 Å². The lowest BCUT2D eigenvalue weighted by Gasteiger charge is -2.40. The fourth-order valence-electron chi connectivity index (χ4n) is 4.45. The second kappa shape index (κ2) is 7.29. The van der Waals surface area contributed by atoms with Crippen LogP contribution in [0.15, 0.2) is 12.1 Å². The van der Waals surface area contributed by atoms with E-state index in [1.807, 2.05) is 0 Å². The first-order chi connectivity index (χ1) is 13.3. The van der Waals surface area contributed by atoms with Gasteiger partial charge in [-0.25, -0.2) is 4.79 Å². The number of carboxylic acid groups (broad SMARTS) is 1. The third-order valence-corrected chi connectivity index (χ3v) is 6.16. The van der Waals surface area contributed by atoms with Gasteiger partial charge in [-0.15, -0.1) is 0 Å². The highest BCUT2D eigenvalue weighted by Crippen LogP contribution is 2.54. The predicted octanol–water partition coefficient (Wildman–Crippen LogP) is 0.741. The topological polar surface area (TPSA) is 128 Å². The van der Waals surface area contributed by atoms with Crippen LogP contribution in [0.4, 0.5) is 0 Å². The van der Waals surface area contributed by atoms with Crippen LogP contribution >= 0.6 is 0 Å². The minimum absolute atomic E-state index is 0.0185. The molecule has 8 nitrogen and oxygen atoms in total. The highest BCUT2D eigenvalue weighted by molar-refractivity contribution is 6.41. The Hall–Kier alpha value is -2.26. The molecule has 0 radical (unpaired) electrons. The molecule has 9 heteroatoms. The average molecular weight is 389 g/mol. The van der Waals surface area contributed by atoms with Gasteiger partial charge in [0.05, 0.1) is 13.1 Å². The summed E-state index contributed by atoms with van der Waals surface area (Å²) in [5.74, 6) is 0.0929. The summed E-state index contributed by atoms with van der Waals surface area (Å²) in [7, 11) is -1.53. The van der Waals surface area contributed by atoms with Crippen molar-refractivity contribution in [2.75, 3.05) is 13.1 Å². The van der Waals surface area contributed by atoms with Crippen molar-refractivity contribution in [1.29, 1.82) is 0 Å².